The summed E-state index contributed by atoms with van der Waals surface area (Å²) < 4.78 is 5.72. The molecule has 1 heterocycles. The number of hydrogen-bond acceptors (Lipinski definition) is 3. The molecule has 0 aliphatic rings. The predicted octanol–water partition coefficient (Wildman–Crippen LogP) is 3.83. The number of alkyl halides is 1. The number of benzene rings is 1. The van der Waals surface area contributed by atoms with E-state index in [1.165, 1.54) is 0 Å². The van der Waals surface area contributed by atoms with Gasteiger partial charge in [-0.1, -0.05) is 28.1 Å². The van der Waals surface area contributed by atoms with Gasteiger partial charge >= 0.3 is 0 Å². The standard InChI is InChI=1S/C14H15BrN2O/c1-17(2)12-4-3-5-13(8-12)18-14-7-6-11(9-15)10-16-14/h3-8,10H,9H2,1-2H3. The Morgan fingerprint density at radius 3 is 2.67 bits per heavy atom. The van der Waals surface area contributed by atoms with Gasteiger partial charge in [0.05, 0.1) is 0 Å². The van der Waals surface area contributed by atoms with Crippen molar-refractivity contribution >= 4 is 21.6 Å². The molecule has 2 aromatic rings. The lowest BCUT2D eigenvalue weighted by molar-refractivity contribution is 0.463. The molecule has 0 atom stereocenters. The maximum absolute atomic E-state index is 5.72. The summed E-state index contributed by atoms with van der Waals surface area (Å²) in [6, 6.07) is 11.8. The van der Waals surface area contributed by atoms with Gasteiger partial charge in [-0.05, 0) is 17.7 Å². The summed E-state index contributed by atoms with van der Waals surface area (Å²) in [6.45, 7) is 0. The normalized spacial score (nSPS) is 10.2. The van der Waals surface area contributed by atoms with Gasteiger partial charge in [0.2, 0.25) is 5.88 Å². The van der Waals surface area contributed by atoms with Crippen LogP contribution in [0, 0.1) is 0 Å². The third-order valence-corrected chi connectivity index (χ3v) is 3.16. The molecule has 0 saturated heterocycles. The van der Waals surface area contributed by atoms with E-state index < -0.39 is 0 Å². The van der Waals surface area contributed by atoms with Crippen molar-refractivity contribution in [3.8, 4) is 11.6 Å². The molecule has 0 N–H and O–H groups in total. The van der Waals surface area contributed by atoms with Crippen LogP contribution in [0.4, 0.5) is 5.69 Å². The first kappa shape index (κ1) is 12.9. The van der Waals surface area contributed by atoms with Crippen molar-refractivity contribution in [1.29, 1.82) is 0 Å². The number of aromatic nitrogens is 1. The summed E-state index contributed by atoms with van der Waals surface area (Å²) in [6.07, 6.45) is 1.81. The second-order valence-corrected chi connectivity index (χ2v) is 4.69. The third kappa shape index (κ3) is 3.23. The van der Waals surface area contributed by atoms with E-state index in [1.807, 2.05) is 55.4 Å². The van der Waals surface area contributed by atoms with E-state index >= 15 is 0 Å². The summed E-state index contributed by atoms with van der Waals surface area (Å²) in [5.74, 6) is 1.40. The Morgan fingerprint density at radius 2 is 2.06 bits per heavy atom. The molecular weight excluding hydrogens is 292 g/mol. The first-order valence-corrected chi connectivity index (χ1v) is 6.77. The molecule has 1 aromatic carbocycles. The molecule has 1 aromatic heterocycles. The molecule has 0 fully saturated rings. The fourth-order valence-corrected chi connectivity index (χ4v) is 1.83. The highest BCUT2D eigenvalue weighted by Crippen LogP contribution is 2.24. The molecule has 0 aliphatic carbocycles. The Morgan fingerprint density at radius 1 is 1.22 bits per heavy atom. The van der Waals surface area contributed by atoms with Gasteiger partial charge in [-0.25, -0.2) is 4.98 Å². The van der Waals surface area contributed by atoms with E-state index in [-0.39, 0.29) is 0 Å². The highest BCUT2D eigenvalue weighted by molar-refractivity contribution is 9.08. The van der Waals surface area contributed by atoms with Crippen LogP contribution in [0.15, 0.2) is 42.6 Å². The number of rotatable bonds is 4. The number of halogens is 1. The quantitative estimate of drug-likeness (QED) is 0.803. The molecular formula is C14H15BrN2O. The first-order valence-electron chi connectivity index (χ1n) is 5.65. The number of anilines is 1. The first-order chi connectivity index (χ1) is 8.69. The Kier molecular flexibility index (Phi) is 4.20. The van der Waals surface area contributed by atoms with E-state index in [1.54, 1.807) is 6.20 Å². The van der Waals surface area contributed by atoms with E-state index in [0.717, 1.165) is 22.3 Å². The van der Waals surface area contributed by atoms with Gasteiger partial charge in [0.1, 0.15) is 5.75 Å². The molecule has 18 heavy (non-hydrogen) atoms. The molecule has 0 bridgehead atoms. The second kappa shape index (κ2) is 5.87. The van der Waals surface area contributed by atoms with Crippen LogP contribution in [0.1, 0.15) is 5.56 Å². The lowest BCUT2D eigenvalue weighted by atomic mass is 10.3. The van der Waals surface area contributed by atoms with Crippen LogP contribution in [0.5, 0.6) is 11.6 Å². The fourth-order valence-electron chi connectivity index (χ4n) is 1.50. The number of hydrogen-bond donors (Lipinski definition) is 0. The van der Waals surface area contributed by atoms with E-state index in [4.69, 9.17) is 4.74 Å². The molecule has 4 heteroatoms. The summed E-state index contributed by atoms with van der Waals surface area (Å²) in [5, 5.41) is 0.802. The Labute approximate surface area is 116 Å². The summed E-state index contributed by atoms with van der Waals surface area (Å²) >= 11 is 3.39. The van der Waals surface area contributed by atoms with Crippen LogP contribution in [-0.4, -0.2) is 19.1 Å². The summed E-state index contributed by atoms with van der Waals surface area (Å²) in [7, 11) is 4.00. The Bertz CT molecular complexity index is 511. The van der Waals surface area contributed by atoms with Crippen LogP contribution in [0.3, 0.4) is 0 Å². The molecule has 0 saturated carbocycles. The number of ether oxygens (including phenoxy) is 1. The van der Waals surface area contributed by atoms with Gasteiger partial charge in [-0.15, -0.1) is 0 Å². The minimum Gasteiger partial charge on any atom is -0.439 e. The van der Waals surface area contributed by atoms with Crippen molar-refractivity contribution in [3.05, 3.63) is 48.2 Å². The minimum atomic E-state index is 0.607. The van der Waals surface area contributed by atoms with Gasteiger partial charge in [-0.3, -0.25) is 0 Å². The zero-order valence-electron chi connectivity index (χ0n) is 10.4. The van der Waals surface area contributed by atoms with Crippen molar-refractivity contribution in [2.24, 2.45) is 0 Å². The molecule has 94 valence electrons. The maximum Gasteiger partial charge on any atom is 0.219 e. The van der Waals surface area contributed by atoms with Crippen LogP contribution >= 0.6 is 15.9 Å². The van der Waals surface area contributed by atoms with Crippen molar-refractivity contribution in [2.75, 3.05) is 19.0 Å². The molecule has 3 nitrogen and oxygen atoms in total. The molecule has 0 unspecified atom stereocenters. The van der Waals surface area contributed by atoms with Crippen molar-refractivity contribution in [1.82, 2.24) is 4.98 Å². The van der Waals surface area contributed by atoms with Gasteiger partial charge in [-0.2, -0.15) is 0 Å². The van der Waals surface area contributed by atoms with Crippen molar-refractivity contribution in [3.63, 3.8) is 0 Å². The Hall–Kier alpha value is -1.55. The van der Waals surface area contributed by atoms with Crippen molar-refractivity contribution in [2.45, 2.75) is 5.33 Å². The minimum absolute atomic E-state index is 0.607. The highest BCUT2D eigenvalue weighted by Gasteiger charge is 2.01. The van der Waals surface area contributed by atoms with Gasteiger partial charge in [0.15, 0.2) is 0 Å². The monoisotopic (exact) mass is 306 g/mol. The lowest BCUT2D eigenvalue weighted by Gasteiger charge is -2.13. The van der Waals surface area contributed by atoms with Crippen molar-refractivity contribution < 1.29 is 4.74 Å². The fraction of sp³-hybridized carbons (Fsp3) is 0.214. The van der Waals surface area contributed by atoms with Crippen LogP contribution in [-0.2, 0) is 5.33 Å². The average Bonchev–Trinajstić information content (AvgIpc) is 2.40. The zero-order valence-corrected chi connectivity index (χ0v) is 12.0. The molecule has 0 aliphatic heterocycles. The molecule has 2 rings (SSSR count). The van der Waals surface area contributed by atoms with Gasteiger partial charge < -0.3 is 9.64 Å². The summed E-state index contributed by atoms with van der Waals surface area (Å²) in [4.78, 5) is 6.29. The van der Waals surface area contributed by atoms with Crippen LogP contribution < -0.4 is 9.64 Å². The van der Waals surface area contributed by atoms with Gasteiger partial charge in [0, 0.05) is 43.4 Å². The largest absolute Gasteiger partial charge is 0.439 e. The molecule has 0 amide bonds. The predicted molar refractivity (Wildman–Crippen MR) is 77.7 cm³/mol. The van der Waals surface area contributed by atoms with E-state index in [0.29, 0.717) is 5.88 Å². The van der Waals surface area contributed by atoms with E-state index in [9.17, 15) is 0 Å². The van der Waals surface area contributed by atoms with E-state index in [2.05, 4.69) is 20.9 Å². The lowest BCUT2D eigenvalue weighted by Crippen LogP contribution is -2.08. The molecule has 0 spiro atoms. The van der Waals surface area contributed by atoms with Crippen LogP contribution in [0.2, 0.25) is 0 Å². The SMILES string of the molecule is CN(C)c1cccc(Oc2ccc(CBr)cn2)c1. The molecule has 0 radical (unpaired) electrons. The second-order valence-electron chi connectivity index (χ2n) is 4.13. The average molecular weight is 307 g/mol. The third-order valence-electron chi connectivity index (χ3n) is 2.51. The highest BCUT2D eigenvalue weighted by atomic mass is 79.9. The smallest absolute Gasteiger partial charge is 0.219 e. The topological polar surface area (TPSA) is 25.4 Å². The maximum atomic E-state index is 5.72. The summed E-state index contributed by atoms with van der Waals surface area (Å²) in [5.41, 5.74) is 2.23. The Balaban J connectivity index is 2.15. The van der Waals surface area contributed by atoms with Gasteiger partial charge in [0.25, 0.3) is 0 Å². The zero-order chi connectivity index (χ0) is 13.0. The number of pyridine rings is 1. The number of nitrogens with zero attached hydrogens (tertiary/aromatic N) is 2. The van der Waals surface area contributed by atoms with Crippen LogP contribution in [0.25, 0.3) is 0 Å².